The van der Waals surface area contributed by atoms with Crippen molar-refractivity contribution in [3.8, 4) is 5.69 Å². The Hall–Kier alpha value is -3.03. The standard InChI is InChI=1S/C18H19N7O/c26-18(16-10-19-25(21-16)14-4-2-1-3-5-14)23-9-8-15(11-23)24-12-17(20-22-24)13-6-7-13/h1-5,10,12-13,15H,6-9,11H2. The van der Waals surface area contributed by atoms with Crippen LogP contribution in [-0.4, -0.2) is 53.9 Å². The lowest BCUT2D eigenvalue weighted by molar-refractivity contribution is 0.0780. The fourth-order valence-corrected chi connectivity index (χ4v) is 3.39. The fraction of sp³-hybridized carbons (Fsp3) is 0.389. The van der Waals surface area contributed by atoms with E-state index in [9.17, 15) is 4.79 Å². The number of hydrogen-bond donors (Lipinski definition) is 0. The number of amides is 1. The predicted molar refractivity (Wildman–Crippen MR) is 92.9 cm³/mol. The largest absolute Gasteiger partial charge is 0.335 e. The molecule has 1 saturated heterocycles. The van der Waals surface area contributed by atoms with E-state index in [1.165, 1.54) is 23.8 Å². The van der Waals surface area contributed by atoms with Crippen LogP contribution in [0, 0.1) is 0 Å². The van der Waals surface area contributed by atoms with Crippen LogP contribution in [0.4, 0.5) is 0 Å². The maximum absolute atomic E-state index is 12.8. The molecular weight excluding hydrogens is 330 g/mol. The number of carbonyl (C=O) groups excluding carboxylic acids is 1. The molecule has 1 atom stereocenters. The number of aromatic nitrogens is 6. The maximum atomic E-state index is 12.8. The van der Waals surface area contributed by atoms with Crippen molar-refractivity contribution in [1.29, 1.82) is 0 Å². The zero-order valence-electron chi connectivity index (χ0n) is 14.3. The van der Waals surface area contributed by atoms with Gasteiger partial charge in [-0.2, -0.15) is 9.90 Å². The first kappa shape index (κ1) is 15.2. The maximum Gasteiger partial charge on any atom is 0.276 e. The van der Waals surface area contributed by atoms with Gasteiger partial charge in [0.05, 0.1) is 23.6 Å². The van der Waals surface area contributed by atoms with Crippen LogP contribution in [0.3, 0.4) is 0 Å². The third-order valence-electron chi connectivity index (χ3n) is 5.05. The van der Waals surface area contributed by atoms with Crippen LogP contribution in [0.15, 0.2) is 42.7 Å². The van der Waals surface area contributed by atoms with E-state index in [1.54, 1.807) is 0 Å². The van der Waals surface area contributed by atoms with Crippen molar-refractivity contribution >= 4 is 5.91 Å². The molecule has 1 aliphatic carbocycles. The normalized spacial score (nSPS) is 19.8. The van der Waals surface area contributed by atoms with Crippen LogP contribution < -0.4 is 0 Å². The summed E-state index contributed by atoms with van der Waals surface area (Å²) in [4.78, 5) is 16.1. The number of nitrogens with zero attached hydrogens (tertiary/aromatic N) is 7. The number of para-hydroxylation sites is 1. The molecule has 2 aliphatic rings. The van der Waals surface area contributed by atoms with Gasteiger partial charge in [-0.05, 0) is 31.4 Å². The Kier molecular flexibility index (Phi) is 3.55. The summed E-state index contributed by atoms with van der Waals surface area (Å²) < 4.78 is 1.92. The fourth-order valence-electron chi connectivity index (χ4n) is 3.39. The summed E-state index contributed by atoms with van der Waals surface area (Å²) in [6, 6.07) is 9.76. The Labute approximate surface area is 150 Å². The summed E-state index contributed by atoms with van der Waals surface area (Å²) in [7, 11) is 0. The molecule has 0 N–H and O–H groups in total. The summed E-state index contributed by atoms with van der Waals surface area (Å²) in [6.45, 7) is 1.32. The molecule has 0 radical (unpaired) electrons. The second kappa shape index (κ2) is 6.05. The van der Waals surface area contributed by atoms with Gasteiger partial charge in [-0.1, -0.05) is 23.4 Å². The molecule has 2 aromatic heterocycles. The molecule has 1 amide bonds. The molecule has 0 bridgehead atoms. The van der Waals surface area contributed by atoms with Gasteiger partial charge in [-0.3, -0.25) is 4.79 Å². The second-order valence-electron chi connectivity index (χ2n) is 6.95. The summed E-state index contributed by atoms with van der Waals surface area (Å²) >= 11 is 0. The number of benzene rings is 1. The Morgan fingerprint density at radius 3 is 2.77 bits per heavy atom. The molecule has 1 aromatic carbocycles. The molecular formula is C18H19N7O. The van der Waals surface area contributed by atoms with E-state index in [0.29, 0.717) is 24.7 Å². The van der Waals surface area contributed by atoms with Gasteiger partial charge in [-0.25, -0.2) is 4.68 Å². The summed E-state index contributed by atoms with van der Waals surface area (Å²) in [5.74, 6) is 0.508. The van der Waals surface area contributed by atoms with E-state index < -0.39 is 0 Å². The highest BCUT2D eigenvalue weighted by atomic mass is 16.2. The minimum Gasteiger partial charge on any atom is -0.335 e. The zero-order valence-corrected chi connectivity index (χ0v) is 14.3. The molecule has 1 aliphatic heterocycles. The first-order valence-electron chi connectivity index (χ1n) is 8.97. The Morgan fingerprint density at radius 2 is 1.96 bits per heavy atom. The van der Waals surface area contributed by atoms with E-state index in [-0.39, 0.29) is 11.9 Å². The summed E-state index contributed by atoms with van der Waals surface area (Å²) in [6.07, 6.45) is 6.88. The van der Waals surface area contributed by atoms with Gasteiger partial charge in [0, 0.05) is 25.2 Å². The topological polar surface area (TPSA) is 81.7 Å². The monoisotopic (exact) mass is 349 g/mol. The summed E-state index contributed by atoms with van der Waals surface area (Å²) in [5.41, 5.74) is 2.29. The number of hydrogen-bond acceptors (Lipinski definition) is 5. The Bertz CT molecular complexity index is 928. The van der Waals surface area contributed by atoms with E-state index in [0.717, 1.165) is 17.8 Å². The Morgan fingerprint density at radius 1 is 1.12 bits per heavy atom. The van der Waals surface area contributed by atoms with Crippen LogP contribution in [-0.2, 0) is 0 Å². The second-order valence-corrected chi connectivity index (χ2v) is 6.95. The highest BCUT2D eigenvalue weighted by molar-refractivity contribution is 5.92. The van der Waals surface area contributed by atoms with Crippen molar-refractivity contribution in [3.05, 3.63) is 54.1 Å². The molecule has 1 unspecified atom stereocenters. The lowest BCUT2D eigenvalue weighted by Crippen LogP contribution is -2.29. The number of likely N-dealkylation sites (tertiary alicyclic amines) is 1. The highest BCUT2D eigenvalue weighted by Gasteiger charge is 2.32. The lowest BCUT2D eigenvalue weighted by Gasteiger charge is -2.14. The van der Waals surface area contributed by atoms with Gasteiger partial charge in [0.1, 0.15) is 0 Å². The average molecular weight is 349 g/mol. The number of rotatable bonds is 4. The van der Waals surface area contributed by atoms with Crippen molar-refractivity contribution < 1.29 is 4.79 Å². The van der Waals surface area contributed by atoms with Crippen LogP contribution in [0.5, 0.6) is 0 Å². The van der Waals surface area contributed by atoms with Crippen molar-refractivity contribution in [2.75, 3.05) is 13.1 Å². The first-order chi connectivity index (χ1) is 12.8. The van der Waals surface area contributed by atoms with Gasteiger partial charge in [0.25, 0.3) is 5.91 Å². The Balaban J connectivity index is 1.28. The van der Waals surface area contributed by atoms with Crippen LogP contribution in [0.2, 0.25) is 0 Å². The molecule has 1 saturated carbocycles. The van der Waals surface area contributed by atoms with Crippen LogP contribution >= 0.6 is 0 Å². The third kappa shape index (κ3) is 2.77. The lowest BCUT2D eigenvalue weighted by atomic mass is 10.2. The third-order valence-corrected chi connectivity index (χ3v) is 5.05. The van der Waals surface area contributed by atoms with Gasteiger partial charge < -0.3 is 4.90 Å². The van der Waals surface area contributed by atoms with Crippen molar-refractivity contribution in [2.24, 2.45) is 0 Å². The average Bonchev–Trinajstić information content (AvgIpc) is 3.12. The van der Waals surface area contributed by atoms with Crippen molar-refractivity contribution in [2.45, 2.75) is 31.2 Å². The SMILES string of the molecule is O=C(c1cnn(-c2ccccc2)n1)N1CCC(n2cc(C3CC3)nn2)C1. The zero-order chi connectivity index (χ0) is 17.5. The smallest absolute Gasteiger partial charge is 0.276 e. The predicted octanol–water partition coefficient (Wildman–Crippen LogP) is 1.82. The molecule has 132 valence electrons. The summed E-state index contributed by atoms with van der Waals surface area (Å²) in [5, 5.41) is 17.1. The van der Waals surface area contributed by atoms with Crippen LogP contribution in [0.1, 0.15) is 47.4 Å². The molecule has 3 heterocycles. The highest BCUT2D eigenvalue weighted by Crippen LogP contribution is 2.39. The van der Waals surface area contributed by atoms with Crippen molar-refractivity contribution in [3.63, 3.8) is 0 Å². The van der Waals surface area contributed by atoms with E-state index in [4.69, 9.17) is 0 Å². The van der Waals surface area contributed by atoms with E-state index in [2.05, 4.69) is 20.5 Å². The van der Waals surface area contributed by atoms with Crippen molar-refractivity contribution in [1.82, 2.24) is 34.9 Å². The first-order valence-corrected chi connectivity index (χ1v) is 8.97. The minimum atomic E-state index is -0.0859. The molecule has 8 nitrogen and oxygen atoms in total. The molecule has 0 spiro atoms. The molecule has 2 fully saturated rings. The van der Waals surface area contributed by atoms with Crippen LogP contribution in [0.25, 0.3) is 5.69 Å². The molecule has 3 aromatic rings. The van der Waals surface area contributed by atoms with E-state index >= 15 is 0 Å². The minimum absolute atomic E-state index is 0.0859. The van der Waals surface area contributed by atoms with E-state index in [1.807, 2.05) is 46.1 Å². The van der Waals surface area contributed by atoms with Gasteiger partial charge in [-0.15, -0.1) is 10.2 Å². The van der Waals surface area contributed by atoms with Gasteiger partial charge >= 0.3 is 0 Å². The van der Waals surface area contributed by atoms with Gasteiger partial charge in [0.2, 0.25) is 0 Å². The quantitative estimate of drug-likeness (QED) is 0.718. The molecule has 8 heteroatoms. The molecule has 26 heavy (non-hydrogen) atoms. The van der Waals surface area contributed by atoms with Gasteiger partial charge in [0.15, 0.2) is 5.69 Å². The molecule has 5 rings (SSSR count). The number of carbonyl (C=O) groups is 1.